The Morgan fingerprint density at radius 3 is 2.38 bits per heavy atom. The number of esters is 1. The Morgan fingerprint density at radius 2 is 1.85 bits per heavy atom. The summed E-state index contributed by atoms with van der Waals surface area (Å²) in [7, 11) is -4.14. The highest BCUT2D eigenvalue weighted by atomic mass is 35.5. The number of aliphatic hydroxyl groups is 1. The second-order valence-corrected chi connectivity index (χ2v) is 11.1. The van der Waals surface area contributed by atoms with Gasteiger partial charge in [-0.05, 0) is 23.3 Å². The van der Waals surface area contributed by atoms with E-state index in [0.29, 0.717) is 11.4 Å². The molecule has 2 aliphatic heterocycles. The van der Waals surface area contributed by atoms with E-state index in [0.717, 1.165) is 6.92 Å². The molecule has 0 aliphatic carbocycles. The van der Waals surface area contributed by atoms with Crippen LogP contribution in [0.2, 0.25) is 5.02 Å². The number of sulfone groups is 1. The molecule has 0 aromatic heterocycles. The molecule has 2 aliphatic rings. The summed E-state index contributed by atoms with van der Waals surface area (Å²) in [6, 6.07) is 14.1. The summed E-state index contributed by atoms with van der Waals surface area (Å²) in [4.78, 5) is 48.2. The van der Waals surface area contributed by atoms with Gasteiger partial charge in [-0.25, -0.2) is 13.2 Å². The Bertz CT molecular complexity index is 1410. The molecule has 5 N–H and O–H groups in total. The fourth-order valence-electron chi connectivity index (χ4n) is 4.00. The quantitative estimate of drug-likeness (QED) is 0.265. The molecule has 1 fully saturated rings. The third kappa shape index (κ3) is 6.81. The minimum absolute atomic E-state index is 0.120. The van der Waals surface area contributed by atoms with E-state index in [2.05, 4.69) is 5.32 Å². The molecule has 1 unspecified atom stereocenters. The van der Waals surface area contributed by atoms with Crippen LogP contribution in [-0.2, 0) is 40.3 Å². The first-order valence-electron chi connectivity index (χ1n) is 11.5. The van der Waals surface area contributed by atoms with Gasteiger partial charge < -0.3 is 26.0 Å². The van der Waals surface area contributed by atoms with E-state index in [1.54, 1.807) is 0 Å². The standard InChI is InChI=1S/C18H17ClN2O9S.C7H9N/c1-8(22)30-6-10-7-31(28,29)17-12(16(25)21(17)13(10)18(26)27)20-15(24)14(23)9-3-2-4-11(19)5-9;8-6-7-4-2-1-3-5-7/h2-5,12,14,17,23H,6-7H2,1H3,(H,20,24)(H,26,27);1-5H,6,8H2/t12-,14?,17-;/m0./s1. The molecule has 0 radical (unpaired) electrons. The number of carbonyl (C=O) groups is 4. The SMILES string of the molecule is CC(=O)OCC1=C(C(=O)O)N2C(=O)[C@H](NC(=O)C(O)c3cccc(Cl)c3)[C@@H]2S(=O)(=O)C1.NCc1ccccc1. The van der Waals surface area contributed by atoms with Crippen molar-refractivity contribution in [1.29, 1.82) is 0 Å². The number of carboxylic acid groups (broad SMARTS) is 1. The van der Waals surface area contributed by atoms with Crippen LogP contribution in [-0.4, -0.2) is 71.1 Å². The normalized spacial score (nSPS) is 20.0. The average molecular weight is 580 g/mol. The molecule has 14 heteroatoms. The highest BCUT2D eigenvalue weighted by molar-refractivity contribution is 7.92. The van der Waals surface area contributed by atoms with Gasteiger partial charge in [0.1, 0.15) is 18.3 Å². The van der Waals surface area contributed by atoms with Gasteiger partial charge in [0.15, 0.2) is 21.3 Å². The molecule has 1 saturated heterocycles. The molecule has 2 aromatic rings. The van der Waals surface area contributed by atoms with E-state index in [-0.39, 0.29) is 16.2 Å². The van der Waals surface area contributed by atoms with Crippen LogP contribution in [0.25, 0.3) is 0 Å². The number of hydrogen-bond donors (Lipinski definition) is 4. The van der Waals surface area contributed by atoms with Crippen LogP contribution in [0.1, 0.15) is 24.2 Å². The number of benzene rings is 2. The van der Waals surface area contributed by atoms with E-state index >= 15 is 0 Å². The fraction of sp³-hybridized carbons (Fsp3) is 0.280. The molecule has 0 bridgehead atoms. The smallest absolute Gasteiger partial charge is 0.352 e. The number of hydrogen-bond acceptors (Lipinski definition) is 9. The predicted molar refractivity (Wildman–Crippen MR) is 138 cm³/mol. The number of fused-ring (bicyclic) bond motifs is 1. The van der Waals surface area contributed by atoms with Crippen LogP contribution in [0.3, 0.4) is 0 Å². The van der Waals surface area contributed by atoms with Gasteiger partial charge >= 0.3 is 11.9 Å². The molecular formula is C25H26ClN3O9S. The zero-order valence-electron chi connectivity index (χ0n) is 20.6. The number of ether oxygens (including phenoxy) is 1. The minimum atomic E-state index is -4.14. The number of carbonyl (C=O) groups excluding carboxylic acids is 3. The van der Waals surface area contributed by atoms with Crippen LogP contribution >= 0.6 is 11.6 Å². The molecule has 4 rings (SSSR count). The third-order valence-corrected chi connectivity index (χ3v) is 8.01. The number of nitrogens with one attached hydrogen (secondary N) is 1. The predicted octanol–water partition coefficient (Wildman–Crippen LogP) is 0.502. The Labute approximate surface area is 228 Å². The van der Waals surface area contributed by atoms with Gasteiger partial charge in [0.05, 0.1) is 5.75 Å². The van der Waals surface area contributed by atoms with Gasteiger partial charge in [0.2, 0.25) is 0 Å². The van der Waals surface area contributed by atoms with Gasteiger partial charge in [-0.15, -0.1) is 0 Å². The Kier molecular flexibility index (Phi) is 9.45. The largest absolute Gasteiger partial charge is 0.477 e. The van der Waals surface area contributed by atoms with Crippen molar-refractivity contribution in [3.63, 3.8) is 0 Å². The Balaban J connectivity index is 0.000000449. The van der Waals surface area contributed by atoms with Crippen molar-refractivity contribution in [3.8, 4) is 0 Å². The van der Waals surface area contributed by atoms with E-state index in [4.69, 9.17) is 22.1 Å². The van der Waals surface area contributed by atoms with Crippen molar-refractivity contribution in [3.05, 3.63) is 82.0 Å². The third-order valence-electron chi connectivity index (χ3n) is 5.80. The number of halogens is 1. The summed E-state index contributed by atoms with van der Waals surface area (Å²) in [5, 5.41) is 20.4. The lowest BCUT2D eigenvalue weighted by Gasteiger charge is -2.49. The summed E-state index contributed by atoms with van der Waals surface area (Å²) in [5.41, 5.74) is 5.77. The monoisotopic (exact) mass is 579 g/mol. The molecule has 2 heterocycles. The van der Waals surface area contributed by atoms with E-state index in [9.17, 15) is 37.8 Å². The second kappa shape index (κ2) is 12.4. The number of amides is 2. The highest BCUT2D eigenvalue weighted by Crippen LogP contribution is 2.37. The number of nitrogens with zero attached hydrogens (tertiary/aromatic N) is 1. The number of aliphatic carboxylic acids is 1. The number of nitrogens with two attached hydrogens (primary N) is 1. The van der Waals surface area contributed by atoms with E-state index < -0.39 is 69.2 Å². The van der Waals surface area contributed by atoms with Crippen molar-refractivity contribution >= 4 is 45.2 Å². The maximum atomic E-state index is 12.7. The van der Waals surface area contributed by atoms with Gasteiger partial charge in [0, 0.05) is 24.1 Å². The Morgan fingerprint density at radius 1 is 1.18 bits per heavy atom. The first-order chi connectivity index (χ1) is 18.4. The van der Waals surface area contributed by atoms with Crippen LogP contribution in [0.5, 0.6) is 0 Å². The van der Waals surface area contributed by atoms with Crippen molar-refractivity contribution in [1.82, 2.24) is 10.2 Å². The van der Waals surface area contributed by atoms with Crippen molar-refractivity contribution in [2.24, 2.45) is 5.73 Å². The zero-order valence-corrected chi connectivity index (χ0v) is 22.2. The average Bonchev–Trinajstić information content (AvgIpc) is 2.89. The summed E-state index contributed by atoms with van der Waals surface area (Å²) in [6.07, 6.45) is -1.74. The van der Waals surface area contributed by atoms with Crippen LogP contribution in [0.15, 0.2) is 65.9 Å². The summed E-state index contributed by atoms with van der Waals surface area (Å²) < 4.78 is 30.1. The lowest BCUT2D eigenvalue weighted by Crippen LogP contribution is -2.75. The maximum Gasteiger partial charge on any atom is 0.352 e. The van der Waals surface area contributed by atoms with E-state index in [1.807, 2.05) is 30.3 Å². The molecule has 39 heavy (non-hydrogen) atoms. The minimum Gasteiger partial charge on any atom is -0.477 e. The molecule has 2 aromatic carbocycles. The molecule has 12 nitrogen and oxygen atoms in total. The number of aliphatic hydroxyl groups excluding tert-OH is 1. The number of carboxylic acids is 1. The van der Waals surface area contributed by atoms with Gasteiger partial charge in [-0.3, -0.25) is 19.3 Å². The van der Waals surface area contributed by atoms with Crippen LogP contribution in [0, 0.1) is 0 Å². The van der Waals surface area contributed by atoms with Crippen LogP contribution in [0.4, 0.5) is 0 Å². The molecule has 3 atom stereocenters. The molecule has 208 valence electrons. The fourth-order valence-corrected chi connectivity index (χ4v) is 6.20. The first-order valence-corrected chi connectivity index (χ1v) is 13.6. The molecular weight excluding hydrogens is 554 g/mol. The summed E-state index contributed by atoms with van der Waals surface area (Å²) >= 11 is 5.82. The number of β-lactam (4-membered cyclic amide) rings is 1. The van der Waals surface area contributed by atoms with Gasteiger partial charge in [-0.2, -0.15) is 0 Å². The summed E-state index contributed by atoms with van der Waals surface area (Å²) in [5.74, 6) is -5.16. The molecule has 0 spiro atoms. The maximum absolute atomic E-state index is 12.7. The van der Waals surface area contributed by atoms with E-state index in [1.165, 1.54) is 29.8 Å². The highest BCUT2D eigenvalue weighted by Gasteiger charge is 2.60. The first kappa shape index (κ1) is 29.8. The molecule has 2 amide bonds. The van der Waals surface area contributed by atoms with Crippen LogP contribution < -0.4 is 11.1 Å². The van der Waals surface area contributed by atoms with Crippen molar-refractivity contribution in [2.45, 2.75) is 31.0 Å². The Hall–Kier alpha value is -3.78. The zero-order chi connectivity index (χ0) is 28.9. The lowest BCUT2D eigenvalue weighted by molar-refractivity contribution is -0.152. The molecule has 0 saturated carbocycles. The van der Waals surface area contributed by atoms with Crippen molar-refractivity contribution < 1.29 is 42.5 Å². The lowest BCUT2D eigenvalue weighted by atomic mass is 10.0. The topological polar surface area (TPSA) is 193 Å². The number of rotatable bonds is 7. The van der Waals surface area contributed by atoms with Gasteiger partial charge in [-0.1, -0.05) is 54.1 Å². The van der Waals surface area contributed by atoms with Gasteiger partial charge in [0.25, 0.3) is 11.8 Å². The second-order valence-electron chi connectivity index (χ2n) is 8.58. The van der Waals surface area contributed by atoms with Crippen molar-refractivity contribution in [2.75, 3.05) is 12.4 Å². The summed E-state index contributed by atoms with van der Waals surface area (Å²) in [6.45, 7) is 1.09.